The van der Waals surface area contributed by atoms with Gasteiger partial charge in [0.05, 0.1) is 6.20 Å². The first kappa shape index (κ1) is 21.0. The van der Waals surface area contributed by atoms with Gasteiger partial charge in [0.25, 0.3) is 0 Å². The molecule has 4 rings (SSSR count). The lowest BCUT2D eigenvalue weighted by atomic mass is 9.81. The van der Waals surface area contributed by atoms with E-state index in [-0.39, 0.29) is 11.6 Å². The van der Waals surface area contributed by atoms with E-state index >= 15 is 0 Å². The summed E-state index contributed by atoms with van der Waals surface area (Å²) in [7, 11) is 0. The predicted molar refractivity (Wildman–Crippen MR) is 120 cm³/mol. The predicted octanol–water partition coefficient (Wildman–Crippen LogP) is 5.16. The number of ketones is 2. The molecular formula is C26H28N2O3. The zero-order chi connectivity index (χ0) is 22.1. The van der Waals surface area contributed by atoms with Gasteiger partial charge in [-0.05, 0) is 68.9 Å². The van der Waals surface area contributed by atoms with Crippen molar-refractivity contribution in [1.82, 2.24) is 9.78 Å². The summed E-state index contributed by atoms with van der Waals surface area (Å²) in [6, 6.07) is 10.0. The van der Waals surface area contributed by atoms with E-state index in [9.17, 15) is 9.59 Å². The lowest BCUT2D eigenvalue weighted by molar-refractivity contribution is 0.0971. The highest BCUT2D eigenvalue weighted by Gasteiger charge is 2.28. The van der Waals surface area contributed by atoms with Gasteiger partial charge >= 0.3 is 0 Å². The van der Waals surface area contributed by atoms with E-state index < -0.39 is 0 Å². The van der Waals surface area contributed by atoms with Gasteiger partial charge in [0, 0.05) is 24.1 Å². The number of aromatic nitrogens is 2. The number of carbonyl (C=O) groups is 2. The fourth-order valence-electron chi connectivity index (χ4n) is 4.34. The quantitative estimate of drug-likeness (QED) is 0.521. The first-order chi connectivity index (χ1) is 14.9. The molecule has 31 heavy (non-hydrogen) atoms. The Labute approximate surface area is 183 Å². The number of carbonyl (C=O) groups excluding carboxylic acids is 2. The summed E-state index contributed by atoms with van der Waals surface area (Å²) in [4.78, 5) is 26.2. The van der Waals surface area contributed by atoms with E-state index in [1.165, 1.54) is 5.56 Å². The van der Waals surface area contributed by atoms with Crippen molar-refractivity contribution in [3.05, 3.63) is 81.0 Å². The van der Waals surface area contributed by atoms with Crippen LogP contribution in [0, 0.1) is 20.8 Å². The normalized spacial score (nSPS) is 13.2. The van der Waals surface area contributed by atoms with Crippen LogP contribution < -0.4 is 4.74 Å². The number of hydrogen-bond acceptors (Lipinski definition) is 4. The Bertz CT molecular complexity index is 1160. The van der Waals surface area contributed by atoms with Crippen LogP contribution in [0.4, 0.5) is 0 Å². The highest BCUT2D eigenvalue weighted by atomic mass is 16.5. The zero-order valence-electron chi connectivity index (χ0n) is 18.6. The molecule has 1 aliphatic carbocycles. The van der Waals surface area contributed by atoms with Gasteiger partial charge < -0.3 is 4.74 Å². The summed E-state index contributed by atoms with van der Waals surface area (Å²) in [5.41, 5.74) is 6.79. The summed E-state index contributed by atoms with van der Waals surface area (Å²) < 4.78 is 7.79. The van der Waals surface area contributed by atoms with E-state index in [1.807, 2.05) is 58.0 Å². The molecule has 0 radical (unpaired) electrons. The molecule has 0 atom stereocenters. The minimum Gasteiger partial charge on any atom is -0.472 e. The third-order valence-electron chi connectivity index (χ3n) is 6.10. The molecule has 160 valence electrons. The molecule has 0 saturated carbocycles. The zero-order valence-corrected chi connectivity index (χ0v) is 18.6. The summed E-state index contributed by atoms with van der Waals surface area (Å²) in [6.07, 6.45) is 3.89. The van der Waals surface area contributed by atoms with Gasteiger partial charge in [-0.2, -0.15) is 5.10 Å². The van der Waals surface area contributed by atoms with Crippen molar-refractivity contribution in [2.75, 3.05) is 0 Å². The van der Waals surface area contributed by atoms with Crippen molar-refractivity contribution in [1.29, 1.82) is 0 Å². The molecule has 0 bridgehead atoms. The highest BCUT2D eigenvalue weighted by molar-refractivity contribution is 6.13. The molecule has 0 unspecified atom stereocenters. The van der Waals surface area contributed by atoms with Crippen molar-refractivity contribution < 1.29 is 14.3 Å². The van der Waals surface area contributed by atoms with E-state index in [4.69, 9.17) is 4.74 Å². The molecule has 0 N–H and O–H groups in total. The van der Waals surface area contributed by atoms with Crippen molar-refractivity contribution in [3.8, 4) is 5.88 Å². The molecule has 0 spiro atoms. The topological polar surface area (TPSA) is 61.2 Å². The molecule has 3 aromatic rings. The average molecular weight is 417 g/mol. The first-order valence-corrected chi connectivity index (χ1v) is 10.9. The molecule has 1 aliphatic rings. The van der Waals surface area contributed by atoms with Crippen LogP contribution in [0.1, 0.15) is 73.9 Å². The number of ether oxygens (including phenoxy) is 1. The fourth-order valence-corrected chi connectivity index (χ4v) is 4.34. The van der Waals surface area contributed by atoms with Crippen LogP contribution in [-0.2, 0) is 19.6 Å². The number of Topliss-reactive ketones (excluding diaryl/α,β-unsaturated/α-hetero) is 1. The van der Waals surface area contributed by atoms with Gasteiger partial charge in [-0.1, -0.05) is 29.8 Å². The third-order valence-corrected chi connectivity index (χ3v) is 6.10. The Morgan fingerprint density at radius 3 is 2.55 bits per heavy atom. The summed E-state index contributed by atoms with van der Waals surface area (Å²) >= 11 is 0. The van der Waals surface area contributed by atoms with Crippen LogP contribution >= 0.6 is 0 Å². The van der Waals surface area contributed by atoms with Crippen LogP contribution in [0.25, 0.3) is 0 Å². The molecule has 0 amide bonds. The number of fused-ring (bicyclic) bond motifs is 1. The molecule has 0 aliphatic heterocycles. The van der Waals surface area contributed by atoms with E-state index in [0.717, 1.165) is 40.7 Å². The number of nitrogens with zero attached hydrogens (tertiary/aromatic N) is 2. The van der Waals surface area contributed by atoms with E-state index in [2.05, 4.69) is 5.10 Å². The maximum Gasteiger partial charge on any atom is 0.223 e. The van der Waals surface area contributed by atoms with Gasteiger partial charge in [-0.3, -0.25) is 9.59 Å². The largest absolute Gasteiger partial charge is 0.472 e. The second-order valence-electron chi connectivity index (χ2n) is 8.28. The Balaban J connectivity index is 1.70. The molecule has 2 aromatic carbocycles. The maximum absolute atomic E-state index is 13.6. The van der Waals surface area contributed by atoms with Crippen molar-refractivity contribution in [3.63, 3.8) is 0 Å². The monoisotopic (exact) mass is 416 g/mol. The number of hydrogen-bond donors (Lipinski definition) is 0. The summed E-state index contributed by atoms with van der Waals surface area (Å²) in [5.74, 6) is 0.450. The summed E-state index contributed by atoms with van der Waals surface area (Å²) in [6.45, 7) is 8.82. The second-order valence-corrected chi connectivity index (χ2v) is 8.28. The second kappa shape index (κ2) is 8.50. The summed E-state index contributed by atoms with van der Waals surface area (Å²) in [5, 5.41) is 4.37. The maximum atomic E-state index is 13.6. The minimum atomic E-state index is -0.152. The third kappa shape index (κ3) is 3.92. The van der Waals surface area contributed by atoms with Gasteiger partial charge in [0.2, 0.25) is 5.88 Å². The highest BCUT2D eigenvalue weighted by Crippen LogP contribution is 2.32. The average Bonchev–Trinajstić information content (AvgIpc) is 3.18. The van der Waals surface area contributed by atoms with Crippen LogP contribution in [0.5, 0.6) is 5.88 Å². The Kier molecular flexibility index (Phi) is 5.77. The molecule has 5 heteroatoms. The van der Waals surface area contributed by atoms with Gasteiger partial charge in [-0.25, -0.2) is 4.68 Å². The lowest BCUT2D eigenvalue weighted by Crippen LogP contribution is -2.18. The number of rotatable bonds is 6. The molecule has 0 saturated heterocycles. The Morgan fingerprint density at radius 1 is 1.10 bits per heavy atom. The minimum absolute atomic E-state index is 0.136. The van der Waals surface area contributed by atoms with Crippen molar-refractivity contribution in [2.24, 2.45) is 0 Å². The molecular weight excluding hydrogens is 388 g/mol. The Hall–Kier alpha value is -3.21. The smallest absolute Gasteiger partial charge is 0.223 e. The van der Waals surface area contributed by atoms with Crippen LogP contribution in [0.15, 0.2) is 36.5 Å². The standard InChI is InChI=1S/C26H28N2O3/c1-5-28-26(31-15-19-11-9-16(2)10-12-19)22(14-27-28)25(30)21-13-17(3)20-7-6-8-23(29)24(20)18(21)4/h9-14H,5-8,15H2,1-4H3. The van der Waals surface area contributed by atoms with Crippen molar-refractivity contribution >= 4 is 11.6 Å². The van der Waals surface area contributed by atoms with Gasteiger partial charge in [0.15, 0.2) is 11.6 Å². The van der Waals surface area contributed by atoms with E-state index in [0.29, 0.717) is 36.6 Å². The first-order valence-electron chi connectivity index (χ1n) is 10.9. The molecule has 0 fully saturated rings. The Morgan fingerprint density at radius 2 is 1.84 bits per heavy atom. The van der Waals surface area contributed by atoms with Crippen LogP contribution in [0.3, 0.4) is 0 Å². The number of aryl methyl sites for hydroxylation is 3. The van der Waals surface area contributed by atoms with Crippen molar-refractivity contribution in [2.45, 2.75) is 60.1 Å². The van der Waals surface area contributed by atoms with Gasteiger partial charge in [0.1, 0.15) is 12.2 Å². The van der Waals surface area contributed by atoms with Crippen LogP contribution in [-0.4, -0.2) is 21.3 Å². The fraction of sp³-hybridized carbons (Fsp3) is 0.346. The van der Waals surface area contributed by atoms with Crippen LogP contribution in [0.2, 0.25) is 0 Å². The molecule has 1 aromatic heterocycles. The van der Waals surface area contributed by atoms with Gasteiger partial charge in [-0.15, -0.1) is 0 Å². The lowest BCUT2D eigenvalue weighted by Gasteiger charge is -2.21. The number of benzene rings is 2. The molecule has 5 nitrogen and oxygen atoms in total. The molecule has 1 heterocycles. The SMILES string of the molecule is CCn1ncc(C(=O)c2cc(C)c3c(c2C)C(=O)CCC3)c1OCc1ccc(C)cc1. The van der Waals surface area contributed by atoms with E-state index in [1.54, 1.807) is 10.9 Å².